The summed E-state index contributed by atoms with van der Waals surface area (Å²) >= 11 is 6.41. The normalized spacial score (nSPS) is 17.2. The lowest BCUT2D eigenvalue weighted by Crippen LogP contribution is -2.47. The van der Waals surface area contributed by atoms with Gasteiger partial charge in [0.2, 0.25) is 5.95 Å². The summed E-state index contributed by atoms with van der Waals surface area (Å²) in [6.45, 7) is 6.85. The van der Waals surface area contributed by atoms with Gasteiger partial charge in [-0.1, -0.05) is 29.8 Å². The van der Waals surface area contributed by atoms with Gasteiger partial charge >= 0.3 is 6.09 Å². The zero-order chi connectivity index (χ0) is 21.3. The SMILES string of the molecule is CC(C)(C)OC(=O)N1CCCC(Nc2ncc(Cl)c(-n3ccc4ccccc43)n2)C1. The van der Waals surface area contributed by atoms with Crippen molar-refractivity contribution in [3.63, 3.8) is 0 Å². The number of halogens is 1. The van der Waals surface area contributed by atoms with Crippen LogP contribution in [0.1, 0.15) is 33.6 Å². The summed E-state index contributed by atoms with van der Waals surface area (Å²) in [5, 5.41) is 4.95. The zero-order valence-corrected chi connectivity index (χ0v) is 18.2. The summed E-state index contributed by atoms with van der Waals surface area (Å²) in [7, 11) is 0. The van der Waals surface area contributed by atoms with Crippen LogP contribution in [0.2, 0.25) is 5.02 Å². The molecule has 1 aromatic carbocycles. The highest BCUT2D eigenvalue weighted by Gasteiger charge is 2.28. The predicted octanol–water partition coefficient (Wildman–Crippen LogP) is 4.89. The number of para-hydroxylation sites is 1. The van der Waals surface area contributed by atoms with Crippen molar-refractivity contribution in [1.82, 2.24) is 19.4 Å². The molecule has 1 N–H and O–H groups in total. The van der Waals surface area contributed by atoms with Crippen molar-refractivity contribution in [3.05, 3.63) is 47.7 Å². The number of anilines is 1. The number of carbonyl (C=O) groups is 1. The Morgan fingerprint density at radius 1 is 1.27 bits per heavy atom. The molecular formula is C22H26ClN5O2. The summed E-state index contributed by atoms with van der Waals surface area (Å²) in [6, 6.07) is 10.1. The number of carbonyl (C=O) groups excluding carboxylic acids is 1. The van der Waals surface area contributed by atoms with E-state index in [1.807, 2.05) is 61.9 Å². The first-order chi connectivity index (χ1) is 14.3. The number of likely N-dealkylation sites (tertiary alicyclic amines) is 1. The lowest BCUT2D eigenvalue weighted by Gasteiger charge is -2.34. The molecule has 1 atom stereocenters. The molecule has 2 aromatic heterocycles. The molecule has 158 valence electrons. The van der Waals surface area contributed by atoms with Gasteiger partial charge in [0.1, 0.15) is 10.6 Å². The molecular weight excluding hydrogens is 402 g/mol. The van der Waals surface area contributed by atoms with E-state index in [4.69, 9.17) is 16.3 Å². The fraction of sp³-hybridized carbons (Fsp3) is 0.409. The number of benzene rings is 1. The second-order valence-electron chi connectivity index (χ2n) is 8.52. The maximum atomic E-state index is 12.4. The highest BCUT2D eigenvalue weighted by atomic mass is 35.5. The minimum absolute atomic E-state index is 0.0432. The van der Waals surface area contributed by atoms with Gasteiger partial charge in [-0.25, -0.2) is 9.78 Å². The minimum Gasteiger partial charge on any atom is -0.444 e. The Labute approximate surface area is 181 Å². The molecule has 4 rings (SSSR count). The Morgan fingerprint density at radius 3 is 2.87 bits per heavy atom. The van der Waals surface area contributed by atoms with Crippen molar-refractivity contribution in [2.24, 2.45) is 0 Å². The number of ether oxygens (including phenoxy) is 1. The number of nitrogens with zero attached hydrogens (tertiary/aromatic N) is 4. The van der Waals surface area contributed by atoms with Crippen LogP contribution in [0.5, 0.6) is 0 Å². The van der Waals surface area contributed by atoms with Gasteiger partial charge in [-0.15, -0.1) is 0 Å². The fourth-order valence-electron chi connectivity index (χ4n) is 3.63. The van der Waals surface area contributed by atoms with Gasteiger partial charge in [0.25, 0.3) is 0 Å². The summed E-state index contributed by atoms with van der Waals surface area (Å²) in [6.07, 6.45) is 5.08. The van der Waals surface area contributed by atoms with E-state index < -0.39 is 5.60 Å². The molecule has 1 amide bonds. The van der Waals surface area contributed by atoms with Gasteiger partial charge in [0.15, 0.2) is 5.82 Å². The van der Waals surface area contributed by atoms with Crippen LogP contribution in [-0.2, 0) is 4.74 Å². The van der Waals surface area contributed by atoms with Crippen molar-refractivity contribution >= 4 is 34.5 Å². The number of hydrogen-bond donors (Lipinski definition) is 1. The molecule has 0 aliphatic carbocycles. The van der Waals surface area contributed by atoms with Crippen LogP contribution in [0, 0.1) is 0 Å². The van der Waals surface area contributed by atoms with E-state index in [-0.39, 0.29) is 12.1 Å². The van der Waals surface area contributed by atoms with Gasteiger partial charge in [0.05, 0.1) is 11.7 Å². The van der Waals surface area contributed by atoms with E-state index in [1.165, 1.54) is 0 Å². The standard InChI is InChI=1S/C22H26ClN5O2/c1-22(2,3)30-21(29)27-11-6-8-16(14-27)25-20-24-13-17(23)19(26-20)28-12-10-15-7-4-5-9-18(15)28/h4-5,7,9-10,12-13,16H,6,8,11,14H2,1-3H3,(H,24,25,26). The number of nitrogens with one attached hydrogen (secondary N) is 1. The highest BCUT2D eigenvalue weighted by molar-refractivity contribution is 6.32. The quantitative estimate of drug-likeness (QED) is 0.644. The Bertz CT molecular complexity index is 1060. The van der Waals surface area contributed by atoms with Crippen molar-refractivity contribution < 1.29 is 9.53 Å². The van der Waals surface area contributed by atoms with Crippen molar-refractivity contribution in [2.75, 3.05) is 18.4 Å². The monoisotopic (exact) mass is 427 g/mol. The Balaban J connectivity index is 1.51. The molecule has 1 fully saturated rings. The first-order valence-electron chi connectivity index (χ1n) is 10.1. The third kappa shape index (κ3) is 4.51. The van der Waals surface area contributed by atoms with E-state index in [0.717, 1.165) is 23.7 Å². The van der Waals surface area contributed by atoms with Crippen LogP contribution < -0.4 is 5.32 Å². The summed E-state index contributed by atoms with van der Waals surface area (Å²) < 4.78 is 7.46. The van der Waals surface area contributed by atoms with Crippen molar-refractivity contribution in [3.8, 4) is 5.82 Å². The van der Waals surface area contributed by atoms with E-state index in [9.17, 15) is 4.79 Å². The third-order valence-corrected chi connectivity index (χ3v) is 5.23. The number of hydrogen-bond acceptors (Lipinski definition) is 5. The number of aromatic nitrogens is 3. The zero-order valence-electron chi connectivity index (χ0n) is 17.4. The lowest BCUT2D eigenvalue weighted by molar-refractivity contribution is 0.0206. The van der Waals surface area contributed by atoms with Crippen LogP contribution in [-0.4, -0.2) is 50.3 Å². The van der Waals surface area contributed by atoms with Crippen LogP contribution in [0.15, 0.2) is 42.7 Å². The largest absolute Gasteiger partial charge is 0.444 e. The topological polar surface area (TPSA) is 72.3 Å². The maximum Gasteiger partial charge on any atom is 0.410 e. The van der Waals surface area contributed by atoms with Gasteiger partial charge in [-0.2, -0.15) is 4.98 Å². The first kappa shape index (κ1) is 20.5. The molecule has 1 unspecified atom stereocenters. The molecule has 0 spiro atoms. The molecule has 1 aliphatic rings. The lowest BCUT2D eigenvalue weighted by atomic mass is 10.1. The highest BCUT2D eigenvalue weighted by Crippen LogP contribution is 2.25. The number of rotatable bonds is 3. The van der Waals surface area contributed by atoms with Gasteiger partial charge < -0.3 is 15.0 Å². The molecule has 1 saturated heterocycles. The Morgan fingerprint density at radius 2 is 2.07 bits per heavy atom. The molecule has 0 bridgehead atoms. The van der Waals surface area contributed by atoms with E-state index in [2.05, 4.69) is 15.3 Å². The summed E-state index contributed by atoms with van der Waals surface area (Å²) in [5.41, 5.74) is 0.517. The van der Waals surface area contributed by atoms with E-state index in [1.54, 1.807) is 11.1 Å². The maximum absolute atomic E-state index is 12.4. The molecule has 1 aliphatic heterocycles. The predicted molar refractivity (Wildman–Crippen MR) is 118 cm³/mol. The van der Waals surface area contributed by atoms with Gasteiger partial charge in [-0.3, -0.25) is 4.57 Å². The van der Waals surface area contributed by atoms with Gasteiger partial charge in [-0.05, 0) is 51.1 Å². The van der Waals surface area contributed by atoms with Gasteiger partial charge in [0, 0.05) is 25.3 Å². The minimum atomic E-state index is -0.509. The molecule has 3 heterocycles. The van der Waals surface area contributed by atoms with Crippen molar-refractivity contribution in [2.45, 2.75) is 45.3 Å². The van der Waals surface area contributed by atoms with Crippen LogP contribution in [0.4, 0.5) is 10.7 Å². The number of amides is 1. The second kappa shape index (κ2) is 8.14. The van der Waals surface area contributed by atoms with E-state index in [0.29, 0.717) is 29.9 Å². The van der Waals surface area contributed by atoms with E-state index >= 15 is 0 Å². The molecule has 8 heteroatoms. The van der Waals surface area contributed by atoms with Crippen LogP contribution in [0.3, 0.4) is 0 Å². The first-order valence-corrected chi connectivity index (χ1v) is 10.5. The van der Waals surface area contributed by atoms with Crippen LogP contribution >= 0.6 is 11.6 Å². The van der Waals surface area contributed by atoms with Crippen LogP contribution in [0.25, 0.3) is 16.7 Å². The molecule has 7 nitrogen and oxygen atoms in total. The summed E-state index contributed by atoms with van der Waals surface area (Å²) in [4.78, 5) is 23.2. The molecule has 0 saturated carbocycles. The summed E-state index contributed by atoms with van der Waals surface area (Å²) in [5.74, 6) is 1.11. The second-order valence-corrected chi connectivity index (χ2v) is 8.93. The Hall–Kier alpha value is -2.80. The molecule has 30 heavy (non-hydrogen) atoms. The smallest absolute Gasteiger partial charge is 0.410 e. The average Bonchev–Trinajstić information content (AvgIpc) is 3.12. The number of piperidine rings is 1. The molecule has 0 radical (unpaired) electrons. The fourth-order valence-corrected chi connectivity index (χ4v) is 3.82. The Kier molecular flexibility index (Phi) is 5.56. The average molecular weight is 428 g/mol. The third-order valence-electron chi connectivity index (χ3n) is 4.96. The number of fused-ring (bicyclic) bond motifs is 1. The van der Waals surface area contributed by atoms with Crippen molar-refractivity contribution in [1.29, 1.82) is 0 Å². The molecule has 3 aromatic rings.